The summed E-state index contributed by atoms with van der Waals surface area (Å²) in [6.07, 6.45) is 0. The summed E-state index contributed by atoms with van der Waals surface area (Å²) in [6.45, 7) is 1.15. The number of hydrogen-bond acceptors (Lipinski definition) is 2. The molecule has 0 aromatic heterocycles. The zero-order valence-corrected chi connectivity index (χ0v) is 9.77. The van der Waals surface area contributed by atoms with Gasteiger partial charge in [0.05, 0.1) is 16.1 Å². The predicted octanol–water partition coefficient (Wildman–Crippen LogP) is 1.89. The SMILES string of the molecule is O=C(Nc1cc(F)c(Br)cc1F)C1CNC1. The van der Waals surface area contributed by atoms with E-state index in [0.717, 1.165) is 12.1 Å². The van der Waals surface area contributed by atoms with Crippen LogP contribution < -0.4 is 10.6 Å². The van der Waals surface area contributed by atoms with Gasteiger partial charge >= 0.3 is 0 Å². The largest absolute Gasteiger partial charge is 0.323 e. The van der Waals surface area contributed by atoms with Crippen LogP contribution >= 0.6 is 15.9 Å². The first-order chi connectivity index (χ1) is 7.58. The summed E-state index contributed by atoms with van der Waals surface area (Å²) in [6, 6.07) is 1.95. The molecule has 0 aliphatic carbocycles. The van der Waals surface area contributed by atoms with E-state index in [1.807, 2.05) is 0 Å². The van der Waals surface area contributed by atoms with Crippen LogP contribution in [0.3, 0.4) is 0 Å². The van der Waals surface area contributed by atoms with Crippen molar-refractivity contribution >= 4 is 27.5 Å². The molecule has 1 fully saturated rings. The van der Waals surface area contributed by atoms with Crippen molar-refractivity contribution in [1.82, 2.24) is 5.32 Å². The first-order valence-corrected chi connectivity index (χ1v) is 5.53. The van der Waals surface area contributed by atoms with Crippen molar-refractivity contribution in [3.05, 3.63) is 28.2 Å². The first-order valence-electron chi connectivity index (χ1n) is 4.74. The minimum absolute atomic E-state index is 0.0355. The van der Waals surface area contributed by atoms with E-state index < -0.39 is 11.6 Å². The summed E-state index contributed by atoms with van der Waals surface area (Å²) in [4.78, 5) is 11.5. The summed E-state index contributed by atoms with van der Waals surface area (Å²) in [5.74, 6) is -1.72. The molecule has 0 atom stereocenters. The van der Waals surface area contributed by atoms with Gasteiger partial charge in [-0.3, -0.25) is 4.79 Å². The molecule has 6 heteroatoms. The van der Waals surface area contributed by atoms with E-state index >= 15 is 0 Å². The summed E-state index contributed by atoms with van der Waals surface area (Å²) < 4.78 is 26.5. The van der Waals surface area contributed by atoms with E-state index in [0.29, 0.717) is 13.1 Å². The molecule has 86 valence electrons. The highest BCUT2D eigenvalue weighted by molar-refractivity contribution is 9.10. The van der Waals surface area contributed by atoms with Gasteiger partial charge in [-0.2, -0.15) is 0 Å². The van der Waals surface area contributed by atoms with Gasteiger partial charge in [0.1, 0.15) is 11.6 Å². The van der Waals surface area contributed by atoms with Crippen molar-refractivity contribution in [2.45, 2.75) is 0 Å². The maximum atomic E-state index is 13.3. The Hall–Kier alpha value is -1.01. The Morgan fingerprint density at radius 2 is 2.06 bits per heavy atom. The van der Waals surface area contributed by atoms with Crippen LogP contribution in [0.1, 0.15) is 0 Å². The third-order valence-corrected chi connectivity index (χ3v) is 3.03. The summed E-state index contributed by atoms with van der Waals surface area (Å²) in [5.41, 5.74) is -0.127. The Balaban J connectivity index is 2.14. The second kappa shape index (κ2) is 4.47. The Morgan fingerprint density at radius 1 is 1.38 bits per heavy atom. The molecule has 0 saturated carbocycles. The van der Waals surface area contributed by atoms with Gasteiger partial charge in [0.15, 0.2) is 0 Å². The maximum absolute atomic E-state index is 13.3. The highest BCUT2D eigenvalue weighted by Gasteiger charge is 2.25. The normalized spacial score (nSPS) is 15.7. The second-order valence-electron chi connectivity index (χ2n) is 3.59. The third-order valence-electron chi connectivity index (χ3n) is 2.42. The van der Waals surface area contributed by atoms with E-state index in [1.54, 1.807) is 0 Å². The zero-order chi connectivity index (χ0) is 11.7. The van der Waals surface area contributed by atoms with Crippen LogP contribution in [0.15, 0.2) is 16.6 Å². The van der Waals surface area contributed by atoms with Crippen molar-refractivity contribution in [2.75, 3.05) is 18.4 Å². The summed E-state index contributed by atoms with van der Waals surface area (Å²) >= 11 is 2.86. The number of carbonyl (C=O) groups is 1. The number of amides is 1. The topological polar surface area (TPSA) is 41.1 Å². The second-order valence-corrected chi connectivity index (χ2v) is 4.44. The van der Waals surface area contributed by atoms with Crippen molar-refractivity contribution in [3.63, 3.8) is 0 Å². The number of benzene rings is 1. The molecule has 0 radical (unpaired) electrons. The fraction of sp³-hybridized carbons (Fsp3) is 0.300. The average molecular weight is 291 g/mol. The van der Waals surface area contributed by atoms with Crippen molar-refractivity contribution in [3.8, 4) is 0 Å². The minimum atomic E-state index is -0.658. The quantitative estimate of drug-likeness (QED) is 0.817. The van der Waals surface area contributed by atoms with Crippen LogP contribution in [0.5, 0.6) is 0 Å². The lowest BCUT2D eigenvalue weighted by atomic mass is 10.0. The molecule has 1 amide bonds. The zero-order valence-electron chi connectivity index (χ0n) is 8.19. The molecule has 1 aliphatic heterocycles. The van der Waals surface area contributed by atoms with Crippen molar-refractivity contribution in [1.29, 1.82) is 0 Å². The Labute approximate surface area is 99.3 Å². The molecule has 2 rings (SSSR count). The predicted molar refractivity (Wildman–Crippen MR) is 59.0 cm³/mol. The summed E-state index contributed by atoms with van der Waals surface area (Å²) in [5, 5.41) is 5.29. The molecule has 0 bridgehead atoms. The fourth-order valence-corrected chi connectivity index (χ4v) is 1.64. The van der Waals surface area contributed by atoms with Crippen LogP contribution in [-0.2, 0) is 4.79 Å². The van der Waals surface area contributed by atoms with Crippen molar-refractivity contribution < 1.29 is 13.6 Å². The molecular formula is C10H9BrF2N2O. The number of halogens is 3. The lowest BCUT2D eigenvalue weighted by Crippen LogP contribution is -2.48. The molecule has 0 spiro atoms. The maximum Gasteiger partial charge on any atom is 0.230 e. The van der Waals surface area contributed by atoms with E-state index in [-0.39, 0.29) is 22.0 Å². The van der Waals surface area contributed by atoms with Crippen molar-refractivity contribution in [2.24, 2.45) is 5.92 Å². The highest BCUT2D eigenvalue weighted by atomic mass is 79.9. The van der Waals surface area contributed by atoms with E-state index in [1.165, 1.54) is 0 Å². The molecule has 16 heavy (non-hydrogen) atoms. The molecule has 0 unspecified atom stereocenters. The van der Waals surface area contributed by atoms with Gasteiger partial charge in [-0.05, 0) is 22.0 Å². The van der Waals surface area contributed by atoms with Gasteiger partial charge in [0, 0.05) is 19.2 Å². The number of rotatable bonds is 2. The average Bonchev–Trinajstić information content (AvgIpc) is 2.11. The molecule has 1 aliphatic rings. The van der Waals surface area contributed by atoms with Crippen LogP contribution in [-0.4, -0.2) is 19.0 Å². The van der Waals surface area contributed by atoms with Crippen LogP contribution in [0, 0.1) is 17.6 Å². The lowest BCUT2D eigenvalue weighted by Gasteiger charge is -2.25. The number of anilines is 1. The highest BCUT2D eigenvalue weighted by Crippen LogP contribution is 2.23. The monoisotopic (exact) mass is 290 g/mol. The van der Waals surface area contributed by atoms with Gasteiger partial charge in [-0.1, -0.05) is 0 Å². The molecule has 1 aromatic carbocycles. The number of carbonyl (C=O) groups excluding carboxylic acids is 1. The van der Waals surface area contributed by atoms with Crippen LogP contribution in [0.4, 0.5) is 14.5 Å². The molecule has 1 aromatic rings. The standard InChI is InChI=1S/C10H9BrF2N2O/c11-6-1-8(13)9(2-7(6)12)15-10(16)5-3-14-4-5/h1-2,5,14H,3-4H2,(H,15,16). The Morgan fingerprint density at radius 3 is 2.62 bits per heavy atom. The van der Waals surface area contributed by atoms with Gasteiger partial charge < -0.3 is 10.6 Å². The molecule has 1 saturated heterocycles. The minimum Gasteiger partial charge on any atom is -0.323 e. The van der Waals surface area contributed by atoms with E-state index in [4.69, 9.17) is 0 Å². The molecule has 1 heterocycles. The van der Waals surface area contributed by atoms with Gasteiger partial charge in [-0.15, -0.1) is 0 Å². The molecular weight excluding hydrogens is 282 g/mol. The molecule has 3 nitrogen and oxygen atoms in total. The van der Waals surface area contributed by atoms with E-state index in [9.17, 15) is 13.6 Å². The molecule has 2 N–H and O–H groups in total. The van der Waals surface area contributed by atoms with Gasteiger partial charge in [-0.25, -0.2) is 8.78 Å². The van der Waals surface area contributed by atoms with E-state index in [2.05, 4.69) is 26.6 Å². The van der Waals surface area contributed by atoms with Gasteiger partial charge in [0.25, 0.3) is 0 Å². The van der Waals surface area contributed by atoms with Crippen LogP contribution in [0.2, 0.25) is 0 Å². The van der Waals surface area contributed by atoms with Gasteiger partial charge in [0.2, 0.25) is 5.91 Å². The fourth-order valence-electron chi connectivity index (χ4n) is 1.33. The summed E-state index contributed by atoms with van der Waals surface area (Å²) in [7, 11) is 0. The Kier molecular flexibility index (Phi) is 3.20. The number of nitrogens with one attached hydrogen (secondary N) is 2. The third kappa shape index (κ3) is 2.22. The van der Waals surface area contributed by atoms with Crippen LogP contribution in [0.25, 0.3) is 0 Å². The number of hydrogen-bond donors (Lipinski definition) is 2. The Bertz CT molecular complexity index is 435. The smallest absolute Gasteiger partial charge is 0.230 e. The first kappa shape index (κ1) is 11.5. The lowest BCUT2D eigenvalue weighted by molar-refractivity contribution is -0.121.